The van der Waals surface area contributed by atoms with Crippen LogP contribution in [0, 0.1) is 17.8 Å². The Labute approximate surface area is 274 Å². The van der Waals surface area contributed by atoms with Gasteiger partial charge in [0.05, 0.1) is 38.3 Å². The molecule has 2 amide bonds. The van der Waals surface area contributed by atoms with Crippen molar-refractivity contribution in [1.29, 1.82) is 0 Å². The number of methoxy groups -OCH3 is 2. The van der Waals surface area contributed by atoms with Crippen LogP contribution in [0.15, 0.2) is 72.3 Å². The highest BCUT2D eigenvalue weighted by Crippen LogP contribution is 2.59. The summed E-state index contributed by atoms with van der Waals surface area (Å²) in [6.07, 6.45) is 7.06. The van der Waals surface area contributed by atoms with Crippen LogP contribution in [0.2, 0.25) is 0 Å². The van der Waals surface area contributed by atoms with Crippen molar-refractivity contribution in [2.45, 2.75) is 44.0 Å². The number of ketones is 1. The third-order valence-electron chi connectivity index (χ3n) is 9.16. The minimum atomic E-state index is -1.19. The van der Waals surface area contributed by atoms with Crippen LogP contribution in [0.25, 0.3) is 0 Å². The summed E-state index contributed by atoms with van der Waals surface area (Å²) in [6, 6.07) is 15.1. The zero-order valence-corrected chi connectivity index (χ0v) is 26.7. The van der Waals surface area contributed by atoms with Gasteiger partial charge in [0, 0.05) is 38.5 Å². The van der Waals surface area contributed by atoms with Gasteiger partial charge in [-0.25, -0.2) is 4.79 Å². The molecule has 5 rings (SSSR count). The number of carbonyl (C=O) groups is 4. The molecule has 3 N–H and O–H groups in total. The molecule has 0 radical (unpaired) electrons. The number of hydrogen-bond acceptors (Lipinski definition) is 9. The molecular weight excluding hydrogens is 604 g/mol. The Kier molecular flexibility index (Phi) is 11.2. The molecule has 1 heterocycles. The van der Waals surface area contributed by atoms with Gasteiger partial charge in [-0.3, -0.25) is 14.4 Å². The van der Waals surface area contributed by atoms with Gasteiger partial charge in [-0.15, -0.1) is 0 Å². The summed E-state index contributed by atoms with van der Waals surface area (Å²) in [5.74, 6) is -3.15. The second kappa shape index (κ2) is 15.5. The third kappa shape index (κ3) is 7.64. The van der Waals surface area contributed by atoms with E-state index in [1.165, 1.54) is 13.2 Å². The minimum absolute atomic E-state index is 0.0632. The van der Waals surface area contributed by atoms with E-state index >= 15 is 0 Å². The fourth-order valence-corrected chi connectivity index (χ4v) is 7.01. The Hall–Kier alpha value is -4.32. The molecule has 0 saturated carbocycles. The molecule has 1 aliphatic heterocycles. The standard InChI is InChI=1S/C36H42N2O9/c1-44-35(43)25-11-12-30-28(20-25)33-26(14-18-46-22-23-7-4-3-5-8-23)24(9-6-10-31(41)38-21-32(42)37-16-17-39)19-27-29(40)13-15-36(45-2,47-30)34(27)33/h3-5,7-8,11-13,15,19-20,26-27,33-34,39H,6,9-10,14,16-18,21-22H2,1-2H3,(H,37,42)(H,38,41). The van der Waals surface area contributed by atoms with Gasteiger partial charge in [-0.2, -0.15) is 0 Å². The highest BCUT2D eigenvalue weighted by atomic mass is 16.7. The molecular formula is C36H42N2O9. The molecule has 0 fully saturated rings. The second-order valence-corrected chi connectivity index (χ2v) is 12.0. The maximum atomic E-state index is 13.5. The first kappa shape index (κ1) is 34.0. The lowest BCUT2D eigenvalue weighted by molar-refractivity contribution is -0.198. The van der Waals surface area contributed by atoms with Gasteiger partial charge < -0.3 is 34.7 Å². The van der Waals surface area contributed by atoms with Crippen molar-refractivity contribution >= 4 is 23.6 Å². The number of benzene rings is 2. The number of amides is 2. The van der Waals surface area contributed by atoms with Gasteiger partial charge in [0.2, 0.25) is 17.6 Å². The number of allylic oxidation sites excluding steroid dienone is 3. The van der Waals surface area contributed by atoms with Crippen LogP contribution < -0.4 is 15.4 Å². The van der Waals surface area contributed by atoms with Gasteiger partial charge in [0.1, 0.15) is 5.75 Å². The van der Waals surface area contributed by atoms with E-state index in [0.29, 0.717) is 43.8 Å². The SMILES string of the molecule is COC(=O)c1ccc2c(c1)C1C(CCOCc3ccccc3)C(CCCC(=O)NCC(=O)NCCO)=CC3C(=O)C=CC(OC)(O2)C31. The van der Waals surface area contributed by atoms with Gasteiger partial charge in [0.15, 0.2) is 5.78 Å². The number of carbonyl (C=O) groups excluding carboxylic acids is 4. The zero-order chi connectivity index (χ0) is 33.4. The Balaban J connectivity index is 1.43. The van der Waals surface area contributed by atoms with E-state index in [0.717, 1.165) is 16.7 Å². The first-order valence-electron chi connectivity index (χ1n) is 16.0. The summed E-state index contributed by atoms with van der Waals surface area (Å²) in [7, 11) is 2.91. The predicted molar refractivity (Wildman–Crippen MR) is 171 cm³/mol. The van der Waals surface area contributed by atoms with Crippen LogP contribution in [0.1, 0.15) is 53.1 Å². The molecule has 11 nitrogen and oxygen atoms in total. The maximum absolute atomic E-state index is 13.5. The van der Waals surface area contributed by atoms with Gasteiger partial charge in [-0.05, 0) is 66.7 Å². The normalized spacial score (nSPS) is 23.9. The summed E-state index contributed by atoms with van der Waals surface area (Å²) < 4.78 is 23.7. The van der Waals surface area contributed by atoms with Crippen LogP contribution in [0.4, 0.5) is 0 Å². The monoisotopic (exact) mass is 646 g/mol. The maximum Gasteiger partial charge on any atom is 0.337 e. The average Bonchev–Trinajstić information content (AvgIpc) is 3.10. The largest absolute Gasteiger partial charge is 0.465 e. The number of rotatable bonds is 15. The van der Waals surface area contributed by atoms with E-state index in [9.17, 15) is 19.2 Å². The van der Waals surface area contributed by atoms with Crippen LogP contribution in [0.5, 0.6) is 5.75 Å². The Bertz CT molecular complexity index is 1520. The quantitative estimate of drug-likeness (QED) is 0.151. The van der Waals surface area contributed by atoms with E-state index < -0.39 is 23.6 Å². The number of aliphatic hydroxyl groups is 1. The summed E-state index contributed by atoms with van der Waals surface area (Å²) in [6.45, 7) is 0.653. The first-order chi connectivity index (χ1) is 22.8. The molecule has 0 saturated heterocycles. The van der Waals surface area contributed by atoms with Crippen molar-refractivity contribution in [1.82, 2.24) is 10.6 Å². The number of esters is 1. The Morgan fingerprint density at radius 3 is 2.60 bits per heavy atom. The second-order valence-electron chi connectivity index (χ2n) is 12.0. The Morgan fingerprint density at radius 2 is 1.85 bits per heavy atom. The van der Waals surface area contributed by atoms with Gasteiger partial charge >= 0.3 is 5.97 Å². The molecule has 2 aromatic rings. The van der Waals surface area contributed by atoms with Crippen LogP contribution in [-0.2, 0) is 35.2 Å². The minimum Gasteiger partial charge on any atom is -0.465 e. The molecule has 0 spiro atoms. The van der Waals surface area contributed by atoms with Crippen LogP contribution in [-0.4, -0.2) is 75.0 Å². The summed E-state index contributed by atoms with van der Waals surface area (Å²) in [4.78, 5) is 50.5. The van der Waals surface area contributed by atoms with E-state index in [2.05, 4.69) is 10.6 Å². The molecule has 2 aliphatic carbocycles. The molecule has 0 bridgehead atoms. The van der Waals surface area contributed by atoms with Crippen LogP contribution in [0.3, 0.4) is 0 Å². The van der Waals surface area contributed by atoms with E-state index in [1.807, 2.05) is 36.4 Å². The summed E-state index contributed by atoms with van der Waals surface area (Å²) in [5, 5.41) is 14.0. The predicted octanol–water partition coefficient (Wildman–Crippen LogP) is 3.22. The molecule has 5 unspecified atom stereocenters. The van der Waals surface area contributed by atoms with Crippen molar-refractivity contribution in [2.24, 2.45) is 17.8 Å². The van der Waals surface area contributed by atoms with Gasteiger partial charge in [0.25, 0.3) is 0 Å². The highest BCUT2D eigenvalue weighted by Gasteiger charge is 2.59. The van der Waals surface area contributed by atoms with Crippen molar-refractivity contribution in [3.8, 4) is 5.75 Å². The molecule has 47 heavy (non-hydrogen) atoms. The molecule has 2 aromatic carbocycles. The lowest BCUT2D eigenvalue weighted by Gasteiger charge is -2.54. The molecule has 5 atom stereocenters. The molecule has 250 valence electrons. The third-order valence-corrected chi connectivity index (χ3v) is 9.16. The summed E-state index contributed by atoms with van der Waals surface area (Å²) >= 11 is 0. The zero-order valence-electron chi connectivity index (χ0n) is 26.7. The van der Waals surface area contributed by atoms with Crippen LogP contribution >= 0.6 is 0 Å². The fourth-order valence-electron chi connectivity index (χ4n) is 7.01. The number of fused-ring (bicyclic) bond motifs is 2. The number of aliphatic hydroxyl groups excluding tert-OH is 1. The smallest absolute Gasteiger partial charge is 0.337 e. The Morgan fingerprint density at radius 1 is 1.04 bits per heavy atom. The topological polar surface area (TPSA) is 149 Å². The average molecular weight is 647 g/mol. The van der Waals surface area contributed by atoms with Crippen molar-refractivity contribution < 1.29 is 43.2 Å². The number of hydrogen-bond donors (Lipinski definition) is 3. The molecule has 3 aliphatic rings. The van der Waals surface area contributed by atoms with Gasteiger partial charge in [-0.1, -0.05) is 42.0 Å². The summed E-state index contributed by atoms with van der Waals surface area (Å²) in [5.41, 5.74) is 3.26. The number of ether oxygens (including phenoxy) is 4. The van der Waals surface area contributed by atoms with E-state index in [-0.39, 0.29) is 55.6 Å². The van der Waals surface area contributed by atoms with E-state index in [4.69, 9.17) is 24.1 Å². The number of nitrogens with one attached hydrogen (secondary N) is 2. The highest BCUT2D eigenvalue weighted by molar-refractivity contribution is 5.95. The van der Waals surface area contributed by atoms with Crippen molar-refractivity contribution in [2.75, 3.05) is 40.5 Å². The lowest BCUT2D eigenvalue weighted by atomic mass is 9.57. The molecule has 11 heteroatoms. The fraction of sp³-hybridized carbons (Fsp3) is 0.444. The molecule has 0 aromatic heterocycles. The van der Waals surface area contributed by atoms with E-state index in [1.54, 1.807) is 31.4 Å². The van der Waals surface area contributed by atoms with Crippen molar-refractivity contribution in [3.05, 3.63) is 89.0 Å². The lowest BCUT2D eigenvalue weighted by Crippen LogP contribution is -2.58. The van der Waals surface area contributed by atoms with Crippen molar-refractivity contribution in [3.63, 3.8) is 0 Å². The first-order valence-corrected chi connectivity index (χ1v) is 16.0.